The summed E-state index contributed by atoms with van der Waals surface area (Å²) in [5.74, 6) is -0.772. The number of nitrogens with two attached hydrogens (primary N) is 2. The van der Waals surface area contributed by atoms with Crippen molar-refractivity contribution in [1.29, 1.82) is 0 Å². The molecule has 0 radical (unpaired) electrons. The van der Waals surface area contributed by atoms with Crippen LogP contribution in [0.15, 0.2) is 78.9 Å². The van der Waals surface area contributed by atoms with Crippen molar-refractivity contribution in [2.24, 2.45) is 17.3 Å². The SMILES string of the molecule is CCCCCC1CCCC(C(F)(F)Oc2ccc(/C=C/C(=O)OCC(C)(Cc3ccc(N)cc3)Cc3ccc(N)cc3)cc2)C1. The molecule has 0 amide bonds. The van der Waals surface area contributed by atoms with E-state index < -0.39 is 18.0 Å². The van der Waals surface area contributed by atoms with Crippen molar-refractivity contribution in [3.63, 3.8) is 0 Å². The lowest BCUT2D eigenvalue weighted by atomic mass is 9.78. The van der Waals surface area contributed by atoms with Gasteiger partial charge in [-0.25, -0.2) is 4.79 Å². The van der Waals surface area contributed by atoms with Crippen molar-refractivity contribution in [3.05, 3.63) is 95.6 Å². The summed E-state index contributed by atoms with van der Waals surface area (Å²) < 4.78 is 41.1. The van der Waals surface area contributed by atoms with Gasteiger partial charge in [0.05, 0.1) is 12.5 Å². The van der Waals surface area contributed by atoms with Gasteiger partial charge in [0.25, 0.3) is 0 Å². The molecule has 0 bridgehead atoms. The zero-order valence-corrected chi connectivity index (χ0v) is 26.7. The Balaban J connectivity index is 1.32. The highest BCUT2D eigenvalue weighted by molar-refractivity contribution is 5.87. The Bertz CT molecular complexity index is 1320. The third kappa shape index (κ3) is 10.9. The van der Waals surface area contributed by atoms with E-state index in [1.165, 1.54) is 18.2 Å². The molecule has 0 heterocycles. The fraction of sp³-hybridized carbons (Fsp3) is 0.447. The van der Waals surface area contributed by atoms with Crippen LogP contribution in [0.1, 0.15) is 81.9 Å². The molecule has 7 heteroatoms. The fourth-order valence-corrected chi connectivity index (χ4v) is 6.31. The van der Waals surface area contributed by atoms with E-state index in [1.807, 2.05) is 48.5 Å². The van der Waals surface area contributed by atoms with Crippen LogP contribution in [0.4, 0.5) is 20.2 Å². The van der Waals surface area contributed by atoms with Crippen LogP contribution in [0.25, 0.3) is 6.08 Å². The number of hydrogen-bond donors (Lipinski definition) is 2. The summed E-state index contributed by atoms with van der Waals surface area (Å²) in [6, 6.07) is 21.8. The molecule has 1 aliphatic rings. The summed E-state index contributed by atoms with van der Waals surface area (Å²) >= 11 is 0. The molecule has 0 aliphatic heterocycles. The molecule has 4 rings (SSSR count). The van der Waals surface area contributed by atoms with Crippen molar-refractivity contribution >= 4 is 23.4 Å². The Hall–Kier alpha value is -3.87. The maximum Gasteiger partial charge on any atom is 0.400 e. The second-order valence-corrected chi connectivity index (χ2v) is 13.0. The van der Waals surface area contributed by atoms with Gasteiger partial charge in [0, 0.05) is 22.9 Å². The van der Waals surface area contributed by atoms with Gasteiger partial charge in [-0.15, -0.1) is 0 Å². The third-order valence-electron chi connectivity index (χ3n) is 8.80. The number of carbonyl (C=O) groups excluding carboxylic acids is 1. The number of hydrogen-bond acceptors (Lipinski definition) is 5. The summed E-state index contributed by atoms with van der Waals surface area (Å²) in [5.41, 5.74) is 15.6. The maximum absolute atomic E-state index is 15.1. The molecule has 0 spiro atoms. The monoisotopic (exact) mass is 618 g/mol. The third-order valence-corrected chi connectivity index (χ3v) is 8.80. The Morgan fingerprint density at radius 2 is 1.49 bits per heavy atom. The van der Waals surface area contributed by atoms with E-state index in [4.69, 9.17) is 20.9 Å². The molecule has 45 heavy (non-hydrogen) atoms. The molecule has 1 fully saturated rings. The summed E-state index contributed by atoms with van der Waals surface area (Å²) in [7, 11) is 0. The minimum atomic E-state index is -3.21. The number of ether oxygens (including phenoxy) is 2. The molecule has 242 valence electrons. The first-order valence-corrected chi connectivity index (χ1v) is 16.2. The number of benzene rings is 3. The molecule has 1 saturated carbocycles. The number of anilines is 2. The predicted octanol–water partition coefficient (Wildman–Crippen LogP) is 9.26. The van der Waals surface area contributed by atoms with Crippen molar-refractivity contribution in [2.75, 3.05) is 18.1 Å². The van der Waals surface area contributed by atoms with E-state index in [0.29, 0.717) is 48.5 Å². The van der Waals surface area contributed by atoms with Gasteiger partial charge < -0.3 is 20.9 Å². The number of unbranched alkanes of at least 4 members (excludes halogenated alkanes) is 2. The minimum Gasteiger partial charge on any atom is -0.462 e. The first-order valence-electron chi connectivity index (χ1n) is 16.2. The second kappa shape index (κ2) is 15.9. The number of rotatable bonds is 15. The van der Waals surface area contributed by atoms with E-state index in [0.717, 1.165) is 49.7 Å². The van der Waals surface area contributed by atoms with Crippen LogP contribution in [0.3, 0.4) is 0 Å². The van der Waals surface area contributed by atoms with Gasteiger partial charge in [-0.3, -0.25) is 0 Å². The molecule has 3 aromatic carbocycles. The number of carbonyl (C=O) groups is 1. The topological polar surface area (TPSA) is 87.6 Å². The molecular weight excluding hydrogens is 570 g/mol. The van der Waals surface area contributed by atoms with Gasteiger partial charge in [-0.05, 0) is 90.8 Å². The molecular formula is C38H48F2N2O3. The summed E-state index contributed by atoms with van der Waals surface area (Å²) in [6.07, 6.45) is 8.40. The van der Waals surface area contributed by atoms with Gasteiger partial charge >= 0.3 is 12.1 Å². The predicted molar refractivity (Wildman–Crippen MR) is 179 cm³/mol. The van der Waals surface area contributed by atoms with Crippen molar-refractivity contribution in [1.82, 2.24) is 0 Å². The Labute approximate surface area is 267 Å². The van der Waals surface area contributed by atoms with E-state index in [1.54, 1.807) is 18.2 Å². The van der Waals surface area contributed by atoms with Crippen molar-refractivity contribution in [2.45, 2.75) is 84.2 Å². The van der Waals surface area contributed by atoms with Crippen molar-refractivity contribution < 1.29 is 23.0 Å². The summed E-state index contributed by atoms with van der Waals surface area (Å²) in [5, 5.41) is 0. The van der Waals surface area contributed by atoms with Crippen molar-refractivity contribution in [3.8, 4) is 5.75 Å². The van der Waals surface area contributed by atoms with Gasteiger partial charge in [0.2, 0.25) is 0 Å². The van der Waals surface area contributed by atoms with E-state index in [-0.39, 0.29) is 17.8 Å². The van der Waals surface area contributed by atoms with Gasteiger partial charge in [0.1, 0.15) is 5.75 Å². The largest absolute Gasteiger partial charge is 0.462 e. The molecule has 1 aliphatic carbocycles. The molecule has 5 nitrogen and oxygen atoms in total. The van der Waals surface area contributed by atoms with Crippen LogP contribution in [-0.2, 0) is 22.4 Å². The number of alkyl halides is 2. The normalized spacial score (nSPS) is 17.3. The molecule has 3 aromatic rings. The summed E-state index contributed by atoms with van der Waals surface area (Å²) in [4.78, 5) is 12.7. The highest BCUT2D eigenvalue weighted by Gasteiger charge is 2.44. The Kier molecular flexibility index (Phi) is 12.0. The zero-order chi connectivity index (χ0) is 32.3. The highest BCUT2D eigenvalue weighted by Crippen LogP contribution is 2.42. The first kappa shape index (κ1) is 34.0. The molecule has 0 aromatic heterocycles. The standard InChI is InChI=1S/C38H48F2N2O3/c1-3-4-5-7-29-8-6-9-32(24-29)38(39,40)45-35-21-14-28(15-22-35)16-23-36(43)44-27-37(2,25-30-10-17-33(41)18-11-30)26-31-12-19-34(42)20-13-31/h10-23,29,32H,3-9,24-27,41-42H2,1-2H3/b23-16+. The van der Waals surface area contributed by atoms with Gasteiger partial charge in [0.15, 0.2) is 0 Å². The average Bonchev–Trinajstić information content (AvgIpc) is 3.02. The Morgan fingerprint density at radius 3 is 2.07 bits per heavy atom. The van der Waals surface area contributed by atoms with E-state index >= 15 is 8.78 Å². The average molecular weight is 619 g/mol. The van der Waals surface area contributed by atoms with Crippen LogP contribution >= 0.6 is 0 Å². The van der Waals surface area contributed by atoms with Crippen LogP contribution in [0, 0.1) is 17.3 Å². The lowest BCUT2D eigenvalue weighted by Crippen LogP contribution is -2.37. The van der Waals surface area contributed by atoms with Gasteiger partial charge in [-0.2, -0.15) is 8.78 Å². The lowest BCUT2D eigenvalue weighted by Gasteiger charge is -2.34. The van der Waals surface area contributed by atoms with Crippen LogP contribution in [0.2, 0.25) is 0 Å². The van der Waals surface area contributed by atoms with Crippen LogP contribution < -0.4 is 16.2 Å². The van der Waals surface area contributed by atoms with Crippen LogP contribution in [-0.4, -0.2) is 18.7 Å². The first-order chi connectivity index (χ1) is 21.5. The molecule has 4 N–H and O–H groups in total. The summed E-state index contributed by atoms with van der Waals surface area (Å²) in [6.45, 7) is 4.45. The highest BCUT2D eigenvalue weighted by atomic mass is 19.3. The number of halogens is 2. The quantitative estimate of drug-likeness (QED) is 0.0767. The van der Waals surface area contributed by atoms with Gasteiger partial charge in [-0.1, -0.05) is 88.8 Å². The minimum absolute atomic E-state index is 0.119. The fourth-order valence-electron chi connectivity index (χ4n) is 6.31. The molecule has 2 atom stereocenters. The molecule has 2 unspecified atom stereocenters. The second-order valence-electron chi connectivity index (χ2n) is 13.0. The smallest absolute Gasteiger partial charge is 0.400 e. The zero-order valence-electron chi connectivity index (χ0n) is 26.7. The maximum atomic E-state index is 15.1. The Morgan fingerprint density at radius 1 is 0.889 bits per heavy atom. The molecule has 0 saturated heterocycles. The van der Waals surface area contributed by atoms with E-state index in [9.17, 15) is 4.79 Å². The van der Waals surface area contributed by atoms with Crippen LogP contribution in [0.5, 0.6) is 5.75 Å². The lowest BCUT2D eigenvalue weighted by molar-refractivity contribution is -0.225. The number of nitrogen functional groups attached to an aromatic ring is 2. The number of esters is 1. The van der Waals surface area contributed by atoms with E-state index in [2.05, 4.69) is 13.8 Å².